The molecule has 1 saturated carbocycles. The zero-order chi connectivity index (χ0) is 22.4. The van der Waals surface area contributed by atoms with Gasteiger partial charge in [0, 0.05) is 5.69 Å². The first-order valence-corrected chi connectivity index (χ1v) is 11.4. The number of benzene rings is 2. The number of likely N-dealkylation sites (tertiary alicyclic amines) is 1. The van der Waals surface area contributed by atoms with E-state index in [2.05, 4.69) is 17.5 Å². The Bertz CT molecular complexity index is 1080. The molecule has 1 heterocycles. The molecule has 1 saturated heterocycles. The molecule has 2 fully saturated rings. The fourth-order valence-electron chi connectivity index (χ4n) is 5.77. The van der Waals surface area contributed by atoms with Crippen molar-refractivity contribution >= 4 is 23.4 Å². The third-order valence-corrected chi connectivity index (χ3v) is 7.32. The lowest BCUT2D eigenvalue weighted by Crippen LogP contribution is -2.38. The van der Waals surface area contributed by atoms with Crippen molar-refractivity contribution in [3.05, 3.63) is 77.4 Å². The zero-order valence-electron chi connectivity index (χ0n) is 18.5. The lowest BCUT2D eigenvalue weighted by Gasteiger charge is -2.38. The van der Waals surface area contributed by atoms with E-state index in [4.69, 9.17) is 0 Å². The Morgan fingerprint density at radius 1 is 0.969 bits per heavy atom. The molecular weight excluding hydrogens is 400 g/mol. The highest BCUT2D eigenvalue weighted by atomic mass is 16.2. The monoisotopic (exact) mass is 428 g/mol. The lowest BCUT2D eigenvalue weighted by atomic mass is 9.63. The predicted octanol–water partition coefficient (Wildman–Crippen LogP) is 4.57. The second kappa shape index (κ2) is 8.05. The van der Waals surface area contributed by atoms with Crippen LogP contribution in [-0.4, -0.2) is 22.6 Å². The number of anilines is 1. The molecule has 164 valence electrons. The summed E-state index contributed by atoms with van der Waals surface area (Å²) >= 11 is 0. The first-order valence-electron chi connectivity index (χ1n) is 11.4. The van der Waals surface area contributed by atoms with Gasteiger partial charge >= 0.3 is 0 Å². The van der Waals surface area contributed by atoms with Crippen LogP contribution in [0.3, 0.4) is 0 Å². The molecule has 5 nitrogen and oxygen atoms in total. The van der Waals surface area contributed by atoms with Gasteiger partial charge in [-0.05, 0) is 55.7 Å². The molecule has 5 heteroatoms. The van der Waals surface area contributed by atoms with Gasteiger partial charge in [0.25, 0.3) is 0 Å². The van der Waals surface area contributed by atoms with Crippen molar-refractivity contribution in [1.82, 2.24) is 4.90 Å². The highest BCUT2D eigenvalue weighted by Gasteiger charge is 2.58. The van der Waals surface area contributed by atoms with Gasteiger partial charge in [-0.2, -0.15) is 0 Å². The predicted molar refractivity (Wildman–Crippen MR) is 123 cm³/mol. The molecule has 0 spiro atoms. The molecule has 2 aromatic rings. The number of nitrogens with zero attached hydrogens (tertiary/aromatic N) is 1. The summed E-state index contributed by atoms with van der Waals surface area (Å²) in [6.07, 6.45) is 6.19. The minimum Gasteiger partial charge on any atom is -0.326 e. The Balaban J connectivity index is 1.44. The molecule has 4 aliphatic rings. The number of aryl methyl sites for hydroxylation is 2. The van der Waals surface area contributed by atoms with E-state index in [-0.39, 0.29) is 47.8 Å². The Labute approximate surface area is 188 Å². The molecule has 1 N–H and O–H groups in total. The van der Waals surface area contributed by atoms with Gasteiger partial charge in [-0.3, -0.25) is 19.3 Å². The summed E-state index contributed by atoms with van der Waals surface area (Å²) in [5.41, 5.74) is 3.67. The third kappa shape index (κ3) is 3.46. The topological polar surface area (TPSA) is 66.5 Å². The highest BCUT2D eigenvalue weighted by Crippen LogP contribution is 2.51. The molecule has 2 aromatic carbocycles. The van der Waals surface area contributed by atoms with Crippen LogP contribution in [0.5, 0.6) is 0 Å². The largest absolute Gasteiger partial charge is 0.326 e. The standard InChI is InChI=1S/C27H28N2O3/c1-16-8-13-21(17(2)14-16)28-23(30)15-22(18-6-4-3-5-7-18)29-26(31)24-19-9-10-20(12-11-19)25(24)27(29)32/h3-10,13-14,19-20,22,24-25H,11-12,15H2,1-2H3,(H,28,30). The van der Waals surface area contributed by atoms with Gasteiger partial charge < -0.3 is 5.32 Å². The number of hydrogen-bond donors (Lipinski definition) is 1. The Morgan fingerprint density at radius 2 is 1.59 bits per heavy atom. The summed E-state index contributed by atoms with van der Waals surface area (Å²) in [6, 6.07) is 14.7. The minimum absolute atomic E-state index is 0.0387. The van der Waals surface area contributed by atoms with Crippen LogP contribution in [-0.2, 0) is 14.4 Å². The van der Waals surface area contributed by atoms with E-state index in [0.29, 0.717) is 0 Å². The number of carbonyl (C=O) groups is 3. The fourth-order valence-corrected chi connectivity index (χ4v) is 5.77. The maximum atomic E-state index is 13.5. The second-order valence-corrected chi connectivity index (χ2v) is 9.39. The van der Waals surface area contributed by atoms with Crippen LogP contribution in [0.1, 0.15) is 42.0 Å². The smallest absolute Gasteiger partial charge is 0.234 e. The van der Waals surface area contributed by atoms with Crippen LogP contribution in [0.25, 0.3) is 0 Å². The van der Waals surface area contributed by atoms with Crippen LogP contribution in [0.15, 0.2) is 60.7 Å². The Morgan fingerprint density at radius 3 is 2.16 bits per heavy atom. The number of rotatable bonds is 5. The third-order valence-electron chi connectivity index (χ3n) is 7.32. The van der Waals surface area contributed by atoms with Gasteiger partial charge in [-0.1, -0.05) is 60.2 Å². The molecule has 32 heavy (non-hydrogen) atoms. The van der Waals surface area contributed by atoms with Crippen molar-refractivity contribution in [3.63, 3.8) is 0 Å². The van der Waals surface area contributed by atoms with Gasteiger partial charge in [0.1, 0.15) is 0 Å². The molecule has 2 bridgehead atoms. The Hall–Kier alpha value is -3.21. The number of imide groups is 1. The van der Waals surface area contributed by atoms with Crippen molar-refractivity contribution in [1.29, 1.82) is 0 Å². The second-order valence-electron chi connectivity index (χ2n) is 9.39. The molecule has 0 aromatic heterocycles. The molecule has 3 aliphatic carbocycles. The minimum atomic E-state index is -0.605. The molecule has 5 unspecified atom stereocenters. The number of nitrogens with one attached hydrogen (secondary N) is 1. The zero-order valence-corrected chi connectivity index (χ0v) is 18.5. The van der Waals surface area contributed by atoms with E-state index >= 15 is 0 Å². The van der Waals surface area contributed by atoms with Crippen LogP contribution < -0.4 is 5.32 Å². The maximum absolute atomic E-state index is 13.5. The van der Waals surface area contributed by atoms with Crippen molar-refractivity contribution in [3.8, 4) is 0 Å². The molecule has 1 aliphatic heterocycles. The van der Waals surface area contributed by atoms with Crippen molar-refractivity contribution in [2.45, 2.75) is 39.2 Å². The van der Waals surface area contributed by atoms with E-state index < -0.39 is 6.04 Å². The molecule has 6 rings (SSSR count). The van der Waals surface area contributed by atoms with Crippen LogP contribution in [0.4, 0.5) is 5.69 Å². The molecule has 0 radical (unpaired) electrons. The van der Waals surface area contributed by atoms with Crippen LogP contribution >= 0.6 is 0 Å². The van der Waals surface area contributed by atoms with Gasteiger partial charge in [-0.15, -0.1) is 0 Å². The number of amides is 3. The summed E-state index contributed by atoms with van der Waals surface area (Å²) in [5.74, 6) is -0.736. The summed E-state index contributed by atoms with van der Waals surface area (Å²) in [5, 5.41) is 2.98. The van der Waals surface area contributed by atoms with E-state index in [1.165, 1.54) is 4.90 Å². The van der Waals surface area contributed by atoms with Crippen LogP contribution in [0, 0.1) is 37.5 Å². The highest BCUT2D eigenvalue weighted by molar-refractivity contribution is 6.07. The molecule has 3 amide bonds. The summed E-state index contributed by atoms with van der Waals surface area (Å²) < 4.78 is 0. The van der Waals surface area contributed by atoms with Gasteiger partial charge in [0.05, 0.1) is 24.3 Å². The van der Waals surface area contributed by atoms with E-state index in [1.807, 2.05) is 62.4 Å². The first-order chi connectivity index (χ1) is 15.4. The van der Waals surface area contributed by atoms with Crippen molar-refractivity contribution in [2.24, 2.45) is 23.7 Å². The summed E-state index contributed by atoms with van der Waals surface area (Å²) in [6.45, 7) is 3.97. The van der Waals surface area contributed by atoms with E-state index in [1.54, 1.807) is 0 Å². The summed E-state index contributed by atoms with van der Waals surface area (Å²) in [4.78, 5) is 41.5. The lowest BCUT2D eigenvalue weighted by molar-refractivity contribution is -0.143. The quantitative estimate of drug-likeness (QED) is 0.560. The number of allylic oxidation sites excluding steroid dienone is 2. The Kier molecular flexibility index (Phi) is 5.20. The SMILES string of the molecule is Cc1ccc(NC(=O)CC(c2ccccc2)N2C(=O)C3C4C=CC(CC4)C3C2=O)c(C)c1. The summed E-state index contributed by atoms with van der Waals surface area (Å²) in [7, 11) is 0. The molecular formula is C27H28N2O3. The van der Waals surface area contributed by atoms with Gasteiger partial charge in [-0.25, -0.2) is 0 Å². The van der Waals surface area contributed by atoms with Crippen molar-refractivity contribution in [2.75, 3.05) is 5.32 Å². The molecule has 5 atom stereocenters. The van der Waals surface area contributed by atoms with Gasteiger partial charge in [0.2, 0.25) is 17.7 Å². The average Bonchev–Trinajstić information content (AvgIpc) is 3.08. The number of carbonyl (C=O) groups excluding carboxylic acids is 3. The maximum Gasteiger partial charge on any atom is 0.234 e. The van der Waals surface area contributed by atoms with Crippen LogP contribution in [0.2, 0.25) is 0 Å². The average molecular weight is 429 g/mol. The van der Waals surface area contributed by atoms with E-state index in [9.17, 15) is 14.4 Å². The van der Waals surface area contributed by atoms with Crippen molar-refractivity contribution < 1.29 is 14.4 Å². The van der Waals surface area contributed by atoms with E-state index in [0.717, 1.165) is 35.2 Å². The van der Waals surface area contributed by atoms with Gasteiger partial charge in [0.15, 0.2) is 0 Å². The fraction of sp³-hybridized carbons (Fsp3) is 0.370. The first kappa shape index (κ1) is 20.7. The number of hydrogen-bond acceptors (Lipinski definition) is 3. The normalized spacial score (nSPS) is 26.9. The number of fused-ring (bicyclic) bond motifs is 1.